The van der Waals surface area contributed by atoms with Crippen molar-refractivity contribution in [2.45, 2.75) is 64.3 Å². The van der Waals surface area contributed by atoms with E-state index in [4.69, 9.17) is 9.05 Å². The number of fused-ring (bicyclic) bond motifs is 1. The van der Waals surface area contributed by atoms with Crippen molar-refractivity contribution in [1.82, 2.24) is 15.2 Å². The van der Waals surface area contributed by atoms with Crippen molar-refractivity contribution in [3.63, 3.8) is 0 Å². The van der Waals surface area contributed by atoms with Crippen LogP contribution in [0.1, 0.15) is 84.8 Å². The van der Waals surface area contributed by atoms with Gasteiger partial charge < -0.3 is 13.9 Å². The summed E-state index contributed by atoms with van der Waals surface area (Å²) in [4.78, 5) is 14.9. The van der Waals surface area contributed by atoms with Crippen molar-refractivity contribution >= 4 is 5.91 Å². The molecule has 0 aromatic carbocycles. The van der Waals surface area contributed by atoms with Crippen molar-refractivity contribution in [3.8, 4) is 0 Å². The third-order valence-electron chi connectivity index (χ3n) is 5.12. The molecule has 6 nitrogen and oxygen atoms in total. The molecular formula is C18H23N3O3. The van der Waals surface area contributed by atoms with E-state index in [1.165, 1.54) is 0 Å². The molecule has 0 saturated carbocycles. The fourth-order valence-electron chi connectivity index (χ4n) is 3.74. The topological polar surface area (TPSA) is 72.4 Å². The zero-order chi connectivity index (χ0) is 16.7. The van der Waals surface area contributed by atoms with Gasteiger partial charge in [-0.2, -0.15) is 0 Å². The largest absolute Gasteiger partial charge is 0.361 e. The van der Waals surface area contributed by atoms with Crippen LogP contribution in [0.4, 0.5) is 0 Å². The standard InChI is InChI=1S/C18H23N3O3/c1-11(2)16-10-13(19-24-16)14-7-5-9-21(14)18(22)17-12-6-3-4-8-15(12)23-20-17/h10-11,14H,3-9H2,1-2H3. The first kappa shape index (κ1) is 15.4. The zero-order valence-electron chi connectivity index (χ0n) is 14.2. The molecule has 6 heteroatoms. The van der Waals surface area contributed by atoms with Gasteiger partial charge in [0.15, 0.2) is 5.69 Å². The minimum atomic E-state index is -0.0292. The van der Waals surface area contributed by atoms with Crippen LogP contribution in [-0.4, -0.2) is 27.7 Å². The fraction of sp³-hybridized carbons (Fsp3) is 0.611. The molecule has 1 saturated heterocycles. The lowest BCUT2D eigenvalue weighted by Crippen LogP contribution is -2.31. The number of likely N-dealkylation sites (tertiary alicyclic amines) is 1. The predicted molar refractivity (Wildman–Crippen MR) is 86.7 cm³/mol. The summed E-state index contributed by atoms with van der Waals surface area (Å²) >= 11 is 0. The highest BCUT2D eigenvalue weighted by molar-refractivity contribution is 5.94. The average molecular weight is 329 g/mol. The number of hydrogen-bond donors (Lipinski definition) is 0. The Hall–Kier alpha value is -2.11. The van der Waals surface area contributed by atoms with E-state index in [9.17, 15) is 4.79 Å². The first-order valence-corrected chi connectivity index (χ1v) is 8.90. The fourth-order valence-corrected chi connectivity index (χ4v) is 3.74. The van der Waals surface area contributed by atoms with E-state index in [-0.39, 0.29) is 11.9 Å². The molecular weight excluding hydrogens is 306 g/mol. The van der Waals surface area contributed by atoms with Crippen LogP contribution >= 0.6 is 0 Å². The third-order valence-corrected chi connectivity index (χ3v) is 5.12. The van der Waals surface area contributed by atoms with Crippen LogP contribution < -0.4 is 0 Å². The van der Waals surface area contributed by atoms with Gasteiger partial charge in [-0.1, -0.05) is 24.2 Å². The molecule has 0 radical (unpaired) electrons. The van der Waals surface area contributed by atoms with E-state index in [0.29, 0.717) is 11.6 Å². The Morgan fingerprint density at radius 3 is 2.83 bits per heavy atom. The van der Waals surface area contributed by atoms with Gasteiger partial charge in [0.2, 0.25) is 0 Å². The Bertz CT molecular complexity index is 747. The van der Waals surface area contributed by atoms with Crippen molar-refractivity contribution in [3.05, 3.63) is 34.5 Å². The minimum Gasteiger partial charge on any atom is -0.361 e. The summed E-state index contributed by atoms with van der Waals surface area (Å²) in [6.45, 7) is 4.88. The lowest BCUT2D eigenvalue weighted by molar-refractivity contribution is 0.0719. The summed E-state index contributed by atoms with van der Waals surface area (Å²) in [7, 11) is 0. The number of aromatic nitrogens is 2. The summed E-state index contributed by atoms with van der Waals surface area (Å²) < 4.78 is 10.8. The van der Waals surface area contributed by atoms with Crippen LogP contribution in [0.2, 0.25) is 0 Å². The Morgan fingerprint density at radius 2 is 2.04 bits per heavy atom. The van der Waals surface area contributed by atoms with Crippen LogP contribution in [0.25, 0.3) is 0 Å². The van der Waals surface area contributed by atoms with Gasteiger partial charge in [0.25, 0.3) is 5.91 Å². The Balaban J connectivity index is 1.60. The molecule has 0 N–H and O–H groups in total. The molecule has 4 rings (SSSR count). The van der Waals surface area contributed by atoms with Crippen LogP contribution in [-0.2, 0) is 12.8 Å². The maximum absolute atomic E-state index is 13.0. The van der Waals surface area contributed by atoms with E-state index < -0.39 is 0 Å². The SMILES string of the molecule is CC(C)c1cc(C2CCCN2C(=O)c2noc3c2CCCC3)no1. The summed E-state index contributed by atoms with van der Waals surface area (Å²) in [5.74, 6) is 2.02. The number of carbonyl (C=O) groups is 1. The molecule has 1 atom stereocenters. The number of hydrogen-bond acceptors (Lipinski definition) is 5. The summed E-state index contributed by atoms with van der Waals surface area (Å²) in [6.07, 6.45) is 5.87. The van der Waals surface area contributed by atoms with Crippen molar-refractivity contribution in [2.24, 2.45) is 0 Å². The van der Waals surface area contributed by atoms with Gasteiger partial charge in [0, 0.05) is 30.5 Å². The highest BCUT2D eigenvalue weighted by Gasteiger charge is 2.36. The molecule has 0 spiro atoms. The van der Waals surface area contributed by atoms with Crippen LogP contribution in [0.15, 0.2) is 15.1 Å². The second kappa shape index (κ2) is 6.07. The molecule has 2 aliphatic rings. The first-order valence-electron chi connectivity index (χ1n) is 8.90. The van der Waals surface area contributed by atoms with Crippen LogP contribution in [0, 0.1) is 0 Å². The lowest BCUT2D eigenvalue weighted by atomic mass is 9.96. The molecule has 1 aliphatic carbocycles. The van der Waals surface area contributed by atoms with Gasteiger partial charge in [0.05, 0.1) is 6.04 Å². The number of carbonyl (C=O) groups excluding carboxylic acids is 1. The van der Waals surface area contributed by atoms with Crippen molar-refractivity contribution < 1.29 is 13.8 Å². The van der Waals surface area contributed by atoms with Gasteiger partial charge in [0.1, 0.15) is 17.2 Å². The molecule has 1 unspecified atom stereocenters. The molecule has 2 aromatic rings. The van der Waals surface area contributed by atoms with Crippen LogP contribution in [0.5, 0.6) is 0 Å². The van der Waals surface area contributed by atoms with Crippen molar-refractivity contribution in [1.29, 1.82) is 0 Å². The number of nitrogens with zero attached hydrogens (tertiary/aromatic N) is 3. The van der Waals surface area contributed by atoms with E-state index in [0.717, 1.165) is 67.8 Å². The third kappa shape index (κ3) is 2.54. The molecule has 1 fully saturated rings. The molecule has 3 heterocycles. The summed E-state index contributed by atoms with van der Waals surface area (Å²) in [5, 5.41) is 8.30. The first-order chi connectivity index (χ1) is 11.6. The maximum atomic E-state index is 13.0. The van der Waals surface area contributed by atoms with Crippen LogP contribution in [0.3, 0.4) is 0 Å². The second-order valence-electron chi connectivity index (χ2n) is 7.11. The van der Waals surface area contributed by atoms with Gasteiger partial charge >= 0.3 is 0 Å². The second-order valence-corrected chi connectivity index (χ2v) is 7.11. The predicted octanol–water partition coefficient (Wildman–Crippen LogP) is 3.64. The van der Waals surface area contributed by atoms with E-state index in [1.807, 2.05) is 11.0 Å². The number of aryl methyl sites for hydroxylation is 1. The van der Waals surface area contributed by atoms with Gasteiger partial charge in [-0.3, -0.25) is 4.79 Å². The van der Waals surface area contributed by atoms with E-state index in [2.05, 4.69) is 24.2 Å². The average Bonchev–Trinajstić information content (AvgIpc) is 3.31. The molecule has 1 amide bonds. The molecule has 2 aromatic heterocycles. The van der Waals surface area contributed by atoms with E-state index >= 15 is 0 Å². The molecule has 128 valence electrons. The summed E-state index contributed by atoms with van der Waals surface area (Å²) in [5.41, 5.74) is 2.37. The Morgan fingerprint density at radius 1 is 1.21 bits per heavy atom. The molecule has 24 heavy (non-hydrogen) atoms. The van der Waals surface area contributed by atoms with E-state index in [1.54, 1.807) is 0 Å². The Labute approximate surface area is 141 Å². The zero-order valence-corrected chi connectivity index (χ0v) is 14.2. The number of amides is 1. The molecule has 0 bridgehead atoms. The van der Waals surface area contributed by atoms with Gasteiger partial charge in [-0.25, -0.2) is 0 Å². The number of rotatable bonds is 3. The van der Waals surface area contributed by atoms with Gasteiger partial charge in [-0.15, -0.1) is 0 Å². The normalized spacial score (nSPS) is 20.6. The minimum absolute atomic E-state index is 0.0234. The Kier molecular flexibility index (Phi) is 3.90. The maximum Gasteiger partial charge on any atom is 0.276 e. The quantitative estimate of drug-likeness (QED) is 0.859. The molecule has 1 aliphatic heterocycles. The van der Waals surface area contributed by atoms with Gasteiger partial charge in [-0.05, 0) is 32.1 Å². The smallest absolute Gasteiger partial charge is 0.276 e. The highest BCUT2D eigenvalue weighted by atomic mass is 16.5. The van der Waals surface area contributed by atoms with Crippen molar-refractivity contribution in [2.75, 3.05) is 6.54 Å². The summed E-state index contributed by atoms with van der Waals surface area (Å²) in [6, 6.07) is 1.96. The highest BCUT2D eigenvalue weighted by Crippen LogP contribution is 2.35. The lowest BCUT2D eigenvalue weighted by Gasteiger charge is -2.22. The monoisotopic (exact) mass is 329 g/mol.